The van der Waals surface area contributed by atoms with E-state index in [4.69, 9.17) is 4.74 Å². The van der Waals surface area contributed by atoms with Gasteiger partial charge in [0.05, 0.1) is 0 Å². The molecule has 0 aliphatic rings. The summed E-state index contributed by atoms with van der Waals surface area (Å²) in [5.41, 5.74) is 2.06. The first-order chi connectivity index (χ1) is 9.15. The van der Waals surface area contributed by atoms with Crippen molar-refractivity contribution < 1.29 is 9.53 Å². The average molecular weight is 264 g/mol. The molecular weight excluding hydrogens is 240 g/mol. The molecule has 2 N–H and O–H groups in total. The van der Waals surface area contributed by atoms with E-state index in [1.165, 1.54) is 5.56 Å². The third-order valence-corrected chi connectivity index (χ3v) is 2.80. The number of methoxy groups -OCH3 is 1. The van der Waals surface area contributed by atoms with Gasteiger partial charge < -0.3 is 15.4 Å². The van der Waals surface area contributed by atoms with Gasteiger partial charge in [-0.25, -0.2) is 0 Å². The van der Waals surface area contributed by atoms with Crippen LogP contribution in [0.5, 0.6) is 0 Å². The molecule has 0 bridgehead atoms. The predicted octanol–water partition coefficient (Wildman–Crippen LogP) is 2.41. The fourth-order valence-electron chi connectivity index (χ4n) is 1.85. The average Bonchev–Trinajstić information content (AvgIpc) is 2.38. The summed E-state index contributed by atoms with van der Waals surface area (Å²) in [5, 5.41) is 6.16. The van der Waals surface area contributed by atoms with Crippen molar-refractivity contribution in [2.75, 3.05) is 25.6 Å². The number of carbonyl (C=O) groups excluding carboxylic acids is 1. The molecule has 0 saturated heterocycles. The maximum atomic E-state index is 11.8. The summed E-state index contributed by atoms with van der Waals surface area (Å²) in [6.07, 6.45) is 0.479. The van der Waals surface area contributed by atoms with Crippen LogP contribution in [0.4, 0.5) is 5.69 Å². The minimum Gasteiger partial charge on any atom is -0.384 e. The van der Waals surface area contributed by atoms with Crippen molar-refractivity contribution in [2.24, 2.45) is 5.92 Å². The van der Waals surface area contributed by atoms with E-state index in [0.29, 0.717) is 13.0 Å². The second kappa shape index (κ2) is 8.67. The second-order valence-corrected chi connectivity index (χ2v) is 4.79. The van der Waals surface area contributed by atoms with Gasteiger partial charge in [-0.05, 0) is 30.2 Å². The first-order valence-electron chi connectivity index (χ1n) is 6.74. The van der Waals surface area contributed by atoms with Gasteiger partial charge in [-0.15, -0.1) is 0 Å². The molecule has 0 fully saturated rings. The van der Waals surface area contributed by atoms with Gasteiger partial charge in [0, 0.05) is 32.4 Å². The van der Waals surface area contributed by atoms with E-state index in [0.717, 1.165) is 18.8 Å². The van der Waals surface area contributed by atoms with Crippen molar-refractivity contribution in [3.05, 3.63) is 29.8 Å². The van der Waals surface area contributed by atoms with Crippen LogP contribution in [0.1, 0.15) is 25.8 Å². The predicted molar refractivity (Wildman–Crippen MR) is 78.1 cm³/mol. The van der Waals surface area contributed by atoms with E-state index in [9.17, 15) is 4.79 Å². The Balaban J connectivity index is 2.42. The normalized spacial score (nSPS) is 12.2. The molecule has 0 aliphatic carbocycles. The topological polar surface area (TPSA) is 50.4 Å². The third-order valence-electron chi connectivity index (χ3n) is 2.80. The van der Waals surface area contributed by atoms with Crippen LogP contribution in [0.15, 0.2) is 24.3 Å². The Morgan fingerprint density at radius 1 is 1.32 bits per heavy atom. The molecule has 1 unspecified atom stereocenters. The Bertz CT molecular complexity index is 376. The fraction of sp³-hybridized carbons (Fsp3) is 0.533. The number of rotatable bonds is 8. The van der Waals surface area contributed by atoms with E-state index in [1.54, 1.807) is 7.11 Å². The summed E-state index contributed by atoms with van der Waals surface area (Å²) in [4.78, 5) is 11.8. The molecule has 1 aromatic carbocycles. The van der Waals surface area contributed by atoms with Gasteiger partial charge >= 0.3 is 0 Å². The number of carbonyl (C=O) groups is 1. The van der Waals surface area contributed by atoms with Gasteiger partial charge in [0.2, 0.25) is 5.91 Å². The minimum absolute atomic E-state index is 0.0315. The zero-order chi connectivity index (χ0) is 14.1. The molecule has 1 rings (SSSR count). The second-order valence-electron chi connectivity index (χ2n) is 4.79. The highest BCUT2D eigenvalue weighted by molar-refractivity contribution is 5.90. The summed E-state index contributed by atoms with van der Waals surface area (Å²) in [7, 11) is 1.65. The standard InChI is InChI=1S/C15H24N2O2/c1-4-16-10-13-5-7-14(8-6-13)17-15(18)9-12(2)11-19-3/h5-8,12,16H,4,9-11H2,1-3H3,(H,17,18). The Hall–Kier alpha value is -1.39. The first-order valence-corrected chi connectivity index (χ1v) is 6.74. The Morgan fingerprint density at radius 2 is 2.00 bits per heavy atom. The lowest BCUT2D eigenvalue weighted by Crippen LogP contribution is -2.17. The minimum atomic E-state index is 0.0315. The van der Waals surface area contributed by atoms with Crippen molar-refractivity contribution in [3.63, 3.8) is 0 Å². The van der Waals surface area contributed by atoms with Crippen LogP contribution in [-0.4, -0.2) is 26.2 Å². The van der Waals surface area contributed by atoms with Crippen LogP contribution >= 0.6 is 0 Å². The van der Waals surface area contributed by atoms with Gasteiger partial charge in [0.15, 0.2) is 0 Å². The van der Waals surface area contributed by atoms with Crippen molar-refractivity contribution in [3.8, 4) is 0 Å². The van der Waals surface area contributed by atoms with Crippen LogP contribution in [0.25, 0.3) is 0 Å². The van der Waals surface area contributed by atoms with E-state index in [-0.39, 0.29) is 11.8 Å². The highest BCUT2D eigenvalue weighted by Gasteiger charge is 2.08. The Labute approximate surface area is 115 Å². The molecule has 4 heteroatoms. The number of hydrogen-bond donors (Lipinski definition) is 2. The smallest absolute Gasteiger partial charge is 0.224 e. The summed E-state index contributed by atoms with van der Waals surface area (Å²) in [6.45, 7) is 6.50. The van der Waals surface area contributed by atoms with E-state index in [1.807, 2.05) is 31.2 Å². The SMILES string of the molecule is CCNCc1ccc(NC(=O)CC(C)COC)cc1. The third kappa shape index (κ3) is 6.36. The van der Waals surface area contributed by atoms with Gasteiger partial charge in [-0.3, -0.25) is 4.79 Å². The van der Waals surface area contributed by atoms with Crippen molar-refractivity contribution in [1.82, 2.24) is 5.32 Å². The molecule has 4 nitrogen and oxygen atoms in total. The lowest BCUT2D eigenvalue weighted by Gasteiger charge is -2.11. The quantitative estimate of drug-likeness (QED) is 0.758. The lowest BCUT2D eigenvalue weighted by molar-refractivity contribution is -0.117. The summed E-state index contributed by atoms with van der Waals surface area (Å²) >= 11 is 0. The molecule has 1 atom stereocenters. The van der Waals surface area contributed by atoms with Crippen LogP contribution in [0.3, 0.4) is 0 Å². The number of anilines is 1. The van der Waals surface area contributed by atoms with Crippen LogP contribution in [-0.2, 0) is 16.1 Å². The molecule has 0 saturated carbocycles. The van der Waals surface area contributed by atoms with Gasteiger partial charge in [0.25, 0.3) is 0 Å². The molecule has 0 spiro atoms. The molecule has 1 aromatic rings. The number of amides is 1. The number of nitrogens with one attached hydrogen (secondary N) is 2. The fourth-order valence-corrected chi connectivity index (χ4v) is 1.85. The Kier molecular flexibility index (Phi) is 7.15. The largest absolute Gasteiger partial charge is 0.384 e. The highest BCUT2D eigenvalue weighted by atomic mass is 16.5. The Morgan fingerprint density at radius 3 is 2.58 bits per heavy atom. The summed E-state index contributed by atoms with van der Waals surface area (Å²) in [6, 6.07) is 7.92. The van der Waals surface area contributed by atoms with Crippen LogP contribution in [0, 0.1) is 5.92 Å². The van der Waals surface area contributed by atoms with Gasteiger partial charge in [0.1, 0.15) is 0 Å². The molecule has 0 aromatic heterocycles. The monoisotopic (exact) mass is 264 g/mol. The van der Waals surface area contributed by atoms with Crippen molar-refractivity contribution >= 4 is 11.6 Å². The lowest BCUT2D eigenvalue weighted by atomic mass is 10.1. The summed E-state index contributed by atoms with van der Waals surface area (Å²) < 4.78 is 5.02. The maximum absolute atomic E-state index is 11.8. The molecule has 0 radical (unpaired) electrons. The van der Waals surface area contributed by atoms with E-state index >= 15 is 0 Å². The summed E-state index contributed by atoms with van der Waals surface area (Å²) in [5.74, 6) is 0.266. The van der Waals surface area contributed by atoms with Gasteiger partial charge in [-0.1, -0.05) is 26.0 Å². The van der Waals surface area contributed by atoms with E-state index in [2.05, 4.69) is 17.6 Å². The molecule has 106 valence electrons. The number of ether oxygens (including phenoxy) is 1. The number of benzene rings is 1. The van der Waals surface area contributed by atoms with Crippen LogP contribution in [0.2, 0.25) is 0 Å². The van der Waals surface area contributed by atoms with Crippen molar-refractivity contribution in [2.45, 2.75) is 26.8 Å². The van der Waals surface area contributed by atoms with Crippen molar-refractivity contribution in [1.29, 1.82) is 0 Å². The maximum Gasteiger partial charge on any atom is 0.224 e. The molecule has 0 aliphatic heterocycles. The van der Waals surface area contributed by atoms with Gasteiger partial charge in [-0.2, -0.15) is 0 Å². The number of hydrogen-bond acceptors (Lipinski definition) is 3. The zero-order valence-corrected chi connectivity index (χ0v) is 12.0. The molecule has 0 heterocycles. The molecule has 1 amide bonds. The molecule has 19 heavy (non-hydrogen) atoms. The molecular formula is C15H24N2O2. The first kappa shape index (κ1) is 15.7. The zero-order valence-electron chi connectivity index (χ0n) is 12.0. The van der Waals surface area contributed by atoms with E-state index < -0.39 is 0 Å². The highest BCUT2D eigenvalue weighted by Crippen LogP contribution is 2.11. The van der Waals surface area contributed by atoms with Crippen LogP contribution < -0.4 is 10.6 Å².